The third-order valence-corrected chi connectivity index (χ3v) is 5.95. The summed E-state index contributed by atoms with van der Waals surface area (Å²) in [5.74, 6) is 1.21. The molecule has 0 saturated heterocycles. The van der Waals surface area contributed by atoms with Gasteiger partial charge in [-0.3, -0.25) is 0 Å². The van der Waals surface area contributed by atoms with Gasteiger partial charge in [0.1, 0.15) is 43.1 Å². The Morgan fingerprint density at radius 1 is 0.814 bits per heavy atom. The number of hydrogen-bond acceptors (Lipinski definition) is 6. The van der Waals surface area contributed by atoms with E-state index in [1.54, 1.807) is 54.6 Å². The SMILES string of the molecule is C=C/C(=C\C=C(/COc1ccc(-c2ccc(Oc3cc(CN)ccc3C(C)(C)F)cc2)cc1)C(F)(F)F)CN.C=O.C=O. The van der Waals surface area contributed by atoms with E-state index >= 15 is 0 Å². The molecule has 0 saturated carbocycles. The highest BCUT2D eigenvalue weighted by atomic mass is 19.4. The van der Waals surface area contributed by atoms with Gasteiger partial charge in [0.15, 0.2) is 0 Å². The van der Waals surface area contributed by atoms with E-state index in [9.17, 15) is 17.6 Å². The summed E-state index contributed by atoms with van der Waals surface area (Å²) >= 11 is 0. The molecule has 0 aromatic heterocycles. The van der Waals surface area contributed by atoms with E-state index in [-0.39, 0.29) is 6.54 Å². The predicted octanol–water partition coefficient (Wildman–Crippen LogP) is 7.38. The summed E-state index contributed by atoms with van der Waals surface area (Å²) in [5, 5.41) is 0. The van der Waals surface area contributed by atoms with Gasteiger partial charge in [0.2, 0.25) is 0 Å². The molecule has 0 radical (unpaired) electrons. The summed E-state index contributed by atoms with van der Waals surface area (Å²) in [6.45, 7) is 10.2. The molecule has 3 aromatic rings. The number of carbonyl (C=O) groups excluding carboxylic acids is 2. The fourth-order valence-corrected chi connectivity index (χ4v) is 3.67. The van der Waals surface area contributed by atoms with E-state index < -0.39 is 24.0 Å². The van der Waals surface area contributed by atoms with Crippen molar-refractivity contribution in [2.45, 2.75) is 32.2 Å². The van der Waals surface area contributed by atoms with Crippen molar-refractivity contribution >= 4 is 13.6 Å². The molecule has 6 nitrogen and oxygen atoms in total. The Labute approximate surface area is 249 Å². The van der Waals surface area contributed by atoms with Gasteiger partial charge in [0.05, 0.1) is 5.57 Å². The normalized spacial score (nSPS) is 11.8. The van der Waals surface area contributed by atoms with Gasteiger partial charge >= 0.3 is 6.18 Å². The molecule has 0 fully saturated rings. The van der Waals surface area contributed by atoms with Gasteiger partial charge in [0, 0.05) is 18.7 Å². The summed E-state index contributed by atoms with van der Waals surface area (Å²) < 4.78 is 66.2. The summed E-state index contributed by atoms with van der Waals surface area (Å²) in [4.78, 5) is 16.0. The lowest BCUT2D eigenvalue weighted by Gasteiger charge is -2.20. The number of alkyl halides is 4. The van der Waals surface area contributed by atoms with E-state index in [4.69, 9.17) is 30.5 Å². The van der Waals surface area contributed by atoms with Crippen LogP contribution >= 0.6 is 0 Å². The summed E-state index contributed by atoms with van der Waals surface area (Å²) in [6.07, 6.45) is -0.910. The topological polar surface area (TPSA) is 105 Å². The Hall–Kier alpha value is -4.54. The molecule has 0 amide bonds. The van der Waals surface area contributed by atoms with Crippen molar-refractivity contribution in [3.05, 3.63) is 114 Å². The standard InChI is InChI=1S/C31H32F4N2O2.2CH2O/c1-4-21(18-36)5-11-25(31(33,34)35)20-38-26-12-7-23(8-13-26)24-9-14-27(15-10-24)39-29-17-22(19-37)6-16-28(29)30(2,3)32;2*1-2/h4-17H,1,18-20,36-37H2,2-3H3;2*1H2/b21-5+,25-11+;;. The first-order valence-electron chi connectivity index (χ1n) is 12.8. The second-order valence-electron chi connectivity index (χ2n) is 9.29. The maximum atomic E-state index is 14.7. The highest BCUT2D eigenvalue weighted by molar-refractivity contribution is 5.65. The van der Waals surface area contributed by atoms with Crippen LogP contribution in [0.4, 0.5) is 17.6 Å². The Kier molecular flexibility index (Phi) is 14.8. The first kappa shape index (κ1) is 36.5. The van der Waals surface area contributed by atoms with Crippen LogP contribution in [-0.4, -0.2) is 32.9 Å². The predicted molar refractivity (Wildman–Crippen MR) is 162 cm³/mol. The number of hydrogen-bond donors (Lipinski definition) is 2. The monoisotopic (exact) mass is 600 g/mol. The van der Waals surface area contributed by atoms with Gasteiger partial charge in [-0.15, -0.1) is 0 Å². The first-order chi connectivity index (χ1) is 20.4. The molecule has 0 spiro atoms. The Morgan fingerprint density at radius 2 is 1.35 bits per heavy atom. The highest BCUT2D eigenvalue weighted by Crippen LogP contribution is 2.37. The zero-order chi connectivity index (χ0) is 32.6. The van der Waals surface area contributed by atoms with Crippen molar-refractivity contribution in [2.75, 3.05) is 13.2 Å². The molecule has 0 atom stereocenters. The highest BCUT2D eigenvalue weighted by Gasteiger charge is 2.33. The maximum absolute atomic E-state index is 14.7. The van der Waals surface area contributed by atoms with Crippen molar-refractivity contribution in [1.82, 2.24) is 0 Å². The molecule has 0 heterocycles. The van der Waals surface area contributed by atoms with Gasteiger partial charge in [-0.05, 0) is 66.4 Å². The molecule has 43 heavy (non-hydrogen) atoms. The lowest BCUT2D eigenvalue weighted by molar-refractivity contribution is -0.0987. The second-order valence-corrected chi connectivity index (χ2v) is 9.29. The molecule has 10 heteroatoms. The second kappa shape index (κ2) is 17.4. The van der Waals surface area contributed by atoms with Gasteiger partial charge in [-0.2, -0.15) is 13.2 Å². The number of carbonyl (C=O) groups is 2. The van der Waals surface area contributed by atoms with Gasteiger partial charge in [-0.1, -0.05) is 61.2 Å². The summed E-state index contributed by atoms with van der Waals surface area (Å²) in [7, 11) is 0. The zero-order valence-electron chi connectivity index (χ0n) is 24.1. The molecule has 0 aliphatic carbocycles. The van der Waals surface area contributed by atoms with Crippen LogP contribution in [0.2, 0.25) is 0 Å². The molecule has 0 bridgehead atoms. The zero-order valence-corrected chi connectivity index (χ0v) is 24.1. The van der Waals surface area contributed by atoms with Crippen LogP contribution < -0.4 is 20.9 Å². The maximum Gasteiger partial charge on any atom is 0.415 e. The first-order valence-corrected chi connectivity index (χ1v) is 12.8. The van der Waals surface area contributed by atoms with Crippen molar-refractivity contribution in [3.63, 3.8) is 0 Å². The number of benzene rings is 3. The minimum Gasteiger partial charge on any atom is -0.489 e. The van der Waals surface area contributed by atoms with Gasteiger partial charge in [0.25, 0.3) is 0 Å². The van der Waals surface area contributed by atoms with E-state index in [2.05, 4.69) is 6.58 Å². The van der Waals surface area contributed by atoms with E-state index in [1.807, 2.05) is 25.7 Å². The van der Waals surface area contributed by atoms with Crippen molar-refractivity contribution in [3.8, 4) is 28.4 Å². The van der Waals surface area contributed by atoms with Crippen LogP contribution in [0.15, 0.2) is 103 Å². The Morgan fingerprint density at radius 3 is 1.79 bits per heavy atom. The molecule has 0 aliphatic heterocycles. The molecule has 3 rings (SSSR count). The van der Waals surface area contributed by atoms with Crippen molar-refractivity contribution in [1.29, 1.82) is 0 Å². The van der Waals surface area contributed by atoms with Crippen LogP contribution in [0.25, 0.3) is 11.1 Å². The lowest BCUT2D eigenvalue weighted by Crippen LogP contribution is -2.18. The van der Waals surface area contributed by atoms with Crippen LogP contribution in [-0.2, 0) is 21.8 Å². The number of rotatable bonds is 11. The third kappa shape index (κ3) is 11.3. The van der Waals surface area contributed by atoms with E-state index in [0.717, 1.165) is 22.8 Å². The number of halogens is 4. The van der Waals surface area contributed by atoms with Gasteiger partial charge in [-0.25, -0.2) is 4.39 Å². The molecular formula is C33H36F4N2O4. The van der Waals surface area contributed by atoms with Crippen LogP contribution in [0.5, 0.6) is 17.2 Å². The molecule has 0 unspecified atom stereocenters. The third-order valence-electron chi connectivity index (χ3n) is 5.95. The van der Waals surface area contributed by atoms with E-state index in [1.165, 1.54) is 26.0 Å². The van der Waals surface area contributed by atoms with Gasteiger partial charge < -0.3 is 30.5 Å². The quantitative estimate of drug-likeness (QED) is 0.176. The van der Waals surface area contributed by atoms with Crippen LogP contribution in [0.1, 0.15) is 25.0 Å². The molecule has 3 aromatic carbocycles. The largest absolute Gasteiger partial charge is 0.489 e. The Balaban J connectivity index is 0.00000221. The molecular weight excluding hydrogens is 564 g/mol. The molecule has 0 aliphatic rings. The lowest BCUT2D eigenvalue weighted by atomic mass is 9.97. The fraction of sp³-hybridized carbons (Fsp3) is 0.212. The van der Waals surface area contributed by atoms with Crippen LogP contribution in [0, 0.1) is 0 Å². The number of nitrogens with two attached hydrogens (primary N) is 2. The van der Waals surface area contributed by atoms with Crippen molar-refractivity contribution in [2.24, 2.45) is 11.5 Å². The summed E-state index contributed by atoms with van der Waals surface area (Å²) in [6, 6.07) is 19.1. The molecule has 4 N–H and O–H groups in total. The van der Waals surface area contributed by atoms with Crippen LogP contribution in [0.3, 0.4) is 0 Å². The number of ether oxygens (including phenoxy) is 2. The Bertz CT molecular complexity index is 1360. The van der Waals surface area contributed by atoms with Crippen molar-refractivity contribution < 1.29 is 36.6 Å². The smallest absolute Gasteiger partial charge is 0.415 e. The minimum absolute atomic E-state index is 0.0822. The number of allylic oxidation sites excluding steroid dienone is 2. The fourth-order valence-electron chi connectivity index (χ4n) is 3.67. The average Bonchev–Trinajstić information content (AvgIpc) is 3.00. The summed E-state index contributed by atoms with van der Waals surface area (Å²) in [5.41, 5.74) is 12.2. The molecule has 230 valence electrons. The minimum atomic E-state index is -4.55. The van der Waals surface area contributed by atoms with E-state index in [0.29, 0.717) is 34.9 Å². The average molecular weight is 601 g/mol.